The van der Waals surface area contributed by atoms with E-state index in [4.69, 9.17) is 21.4 Å². The Bertz CT molecular complexity index is 940. The maximum Gasteiger partial charge on any atom is 0.304 e. The van der Waals surface area contributed by atoms with Gasteiger partial charge < -0.3 is 14.7 Å². The van der Waals surface area contributed by atoms with Gasteiger partial charge in [-0.05, 0) is 67.4 Å². The van der Waals surface area contributed by atoms with Crippen LogP contribution >= 0.6 is 24.0 Å². The second-order valence-corrected chi connectivity index (χ2v) is 9.19. The summed E-state index contributed by atoms with van der Waals surface area (Å²) in [6.07, 6.45) is 3.43. The molecule has 2 unspecified atom stereocenters. The lowest BCUT2D eigenvalue weighted by Crippen LogP contribution is -2.44. The summed E-state index contributed by atoms with van der Waals surface area (Å²) < 4.78 is 6.17. The summed E-state index contributed by atoms with van der Waals surface area (Å²) in [5, 5.41) is 9.77. The first-order chi connectivity index (χ1) is 14.1. The molecule has 5 rings (SSSR count). The second-order valence-electron chi connectivity index (χ2n) is 8.78. The molecule has 2 heterocycles. The van der Waals surface area contributed by atoms with Crippen LogP contribution in [-0.2, 0) is 10.2 Å². The van der Waals surface area contributed by atoms with Crippen molar-refractivity contribution in [3.63, 3.8) is 0 Å². The third-order valence-electron chi connectivity index (χ3n) is 7.06. The second kappa shape index (κ2) is 8.41. The summed E-state index contributed by atoms with van der Waals surface area (Å²) in [5.74, 6) is 1.36. The third kappa shape index (κ3) is 3.93. The predicted molar refractivity (Wildman–Crippen MR) is 120 cm³/mol. The Balaban J connectivity index is 0.00000218. The van der Waals surface area contributed by atoms with Gasteiger partial charge in [-0.25, -0.2) is 0 Å². The van der Waals surface area contributed by atoms with E-state index in [2.05, 4.69) is 35.2 Å². The fraction of sp³-hybridized carbons (Fsp3) is 0.458. The highest BCUT2D eigenvalue weighted by atomic mass is 35.5. The molecule has 2 aromatic carbocycles. The van der Waals surface area contributed by atoms with Crippen LogP contribution in [0.4, 0.5) is 0 Å². The molecule has 2 atom stereocenters. The molecular weight excluding hydrogens is 421 g/mol. The normalized spacial score (nSPS) is 24.0. The first kappa shape index (κ1) is 21.5. The van der Waals surface area contributed by atoms with Crippen LogP contribution in [0, 0.1) is 0 Å². The molecule has 0 amide bonds. The highest BCUT2D eigenvalue weighted by Gasteiger charge is 2.45. The van der Waals surface area contributed by atoms with Crippen LogP contribution in [0.1, 0.15) is 54.2 Å². The summed E-state index contributed by atoms with van der Waals surface area (Å²) in [5.41, 5.74) is 4.05. The van der Waals surface area contributed by atoms with Gasteiger partial charge in [0.1, 0.15) is 5.75 Å². The Kier molecular flexibility index (Phi) is 6.02. The van der Waals surface area contributed by atoms with Crippen LogP contribution in [0.5, 0.6) is 5.75 Å². The molecule has 1 saturated heterocycles. The summed E-state index contributed by atoms with van der Waals surface area (Å²) in [7, 11) is 0. The summed E-state index contributed by atoms with van der Waals surface area (Å²) >= 11 is 6.39. The molecule has 0 radical (unpaired) electrons. The molecule has 0 aromatic heterocycles. The maximum absolute atomic E-state index is 10.8. The smallest absolute Gasteiger partial charge is 0.304 e. The Labute approximate surface area is 188 Å². The lowest BCUT2D eigenvalue weighted by molar-refractivity contribution is -0.137. The van der Waals surface area contributed by atoms with E-state index in [0.717, 1.165) is 49.7 Å². The minimum Gasteiger partial charge on any atom is -0.492 e. The van der Waals surface area contributed by atoms with Gasteiger partial charge in [-0.1, -0.05) is 41.9 Å². The molecule has 0 bridgehead atoms. The number of halogens is 2. The van der Waals surface area contributed by atoms with Gasteiger partial charge in [0.15, 0.2) is 0 Å². The van der Waals surface area contributed by atoms with Crippen LogP contribution in [0.15, 0.2) is 42.5 Å². The average Bonchev–Trinajstić information content (AvgIpc) is 3.45. The van der Waals surface area contributed by atoms with Gasteiger partial charge in [0.25, 0.3) is 0 Å². The van der Waals surface area contributed by atoms with Crippen molar-refractivity contribution in [3.8, 4) is 5.75 Å². The largest absolute Gasteiger partial charge is 0.492 e. The van der Waals surface area contributed by atoms with Gasteiger partial charge in [-0.15, -0.1) is 12.4 Å². The number of carboxylic acid groups (broad SMARTS) is 1. The molecule has 1 N–H and O–H groups in total. The van der Waals surface area contributed by atoms with Crippen molar-refractivity contribution in [1.29, 1.82) is 0 Å². The van der Waals surface area contributed by atoms with E-state index in [9.17, 15) is 4.79 Å². The van der Waals surface area contributed by atoms with Crippen LogP contribution in [0.2, 0.25) is 5.02 Å². The van der Waals surface area contributed by atoms with Gasteiger partial charge >= 0.3 is 5.97 Å². The average molecular weight is 448 g/mol. The lowest BCUT2D eigenvalue weighted by Gasteiger charge is -2.38. The van der Waals surface area contributed by atoms with Crippen molar-refractivity contribution in [3.05, 3.63) is 64.2 Å². The fourth-order valence-electron chi connectivity index (χ4n) is 5.18. The zero-order chi connectivity index (χ0) is 20.0. The Morgan fingerprint density at radius 1 is 1.17 bits per heavy atom. The number of likely N-dealkylation sites (tertiary alicyclic amines) is 1. The molecule has 1 aliphatic carbocycles. The monoisotopic (exact) mass is 447 g/mol. The number of fused-ring (bicyclic) bond motifs is 2. The van der Waals surface area contributed by atoms with Crippen LogP contribution in [0.25, 0.3) is 0 Å². The van der Waals surface area contributed by atoms with E-state index in [-0.39, 0.29) is 24.2 Å². The van der Waals surface area contributed by atoms with Gasteiger partial charge in [0.05, 0.1) is 13.0 Å². The van der Waals surface area contributed by atoms with E-state index in [1.807, 2.05) is 12.1 Å². The predicted octanol–water partition coefficient (Wildman–Crippen LogP) is 5.23. The number of rotatable bonds is 5. The molecule has 1 saturated carbocycles. The zero-order valence-electron chi connectivity index (χ0n) is 16.9. The van der Waals surface area contributed by atoms with Crippen LogP contribution in [-0.4, -0.2) is 42.2 Å². The number of hydrogen-bond donors (Lipinski definition) is 1. The summed E-state index contributed by atoms with van der Waals surface area (Å²) in [6.45, 7) is 3.27. The topological polar surface area (TPSA) is 49.8 Å². The number of carbonyl (C=O) groups is 1. The number of ether oxygens (including phenoxy) is 1. The van der Waals surface area contributed by atoms with Crippen molar-refractivity contribution in [2.45, 2.75) is 42.9 Å². The molecule has 1 spiro atoms. The fourth-order valence-corrected chi connectivity index (χ4v) is 5.45. The van der Waals surface area contributed by atoms with Gasteiger partial charge in [-0.2, -0.15) is 0 Å². The Morgan fingerprint density at radius 2 is 1.93 bits per heavy atom. The van der Waals surface area contributed by atoms with Crippen LogP contribution < -0.4 is 4.74 Å². The van der Waals surface area contributed by atoms with Crippen molar-refractivity contribution >= 4 is 30.0 Å². The standard InChI is InChI=1S/C24H26ClNO3.ClH/c25-21-4-2-1-3-17(21)19-14-18(19)16-5-6-20-22(13-16)29-15-24(20)8-11-26(12-9-24)10-7-23(27)28;/h1-6,13,18-19H,7-12,14-15H2,(H,27,28);1H. The minimum absolute atomic E-state index is 0. The molecule has 3 aliphatic rings. The molecule has 2 aliphatic heterocycles. The molecule has 6 heteroatoms. The lowest BCUT2D eigenvalue weighted by atomic mass is 9.74. The van der Waals surface area contributed by atoms with Crippen molar-refractivity contribution in [1.82, 2.24) is 4.90 Å². The van der Waals surface area contributed by atoms with E-state index < -0.39 is 5.97 Å². The summed E-state index contributed by atoms with van der Waals surface area (Å²) in [4.78, 5) is 13.1. The quantitative estimate of drug-likeness (QED) is 0.680. The Hall–Kier alpha value is -1.75. The van der Waals surface area contributed by atoms with Gasteiger partial charge in [0.2, 0.25) is 0 Å². The number of benzene rings is 2. The number of aliphatic carboxylic acids is 1. The van der Waals surface area contributed by atoms with Crippen LogP contribution in [0.3, 0.4) is 0 Å². The third-order valence-corrected chi connectivity index (χ3v) is 7.40. The molecule has 30 heavy (non-hydrogen) atoms. The SMILES string of the molecule is Cl.O=C(O)CCN1CCC2(CC1)COc1cc(C3CC3c3ccccc3Cl)ccc12. The Morgan fingerprint density at radius 3 is 2.67 bits per heavy atom. The highest BCUT2D eigenvalue weighted by molar-refractivity contribution is 6.31. The van der Waals surface area contributed by atoms with E-state index in [0.29, 0.717) is 18.4 Å². The van der Waals surface area contributed by atoms with E-state index in [1.165, 1.54) is 16.7 Å². The first-order valence-corrected chi connectivity index (χ1v) is 10.9. The number of nitrogens with zero attached hydrogens (tertiary/aromatic N) is 1. The van der Waals surface area contributed by atoms with Crippen molar-refractivity contribution < 1.29 is 14.6 Å². The molecular formula is C24H27Cl2NO3. The number of piperidine rings is 1. The van der Waals surface area contributed by atoms with Crippen molar-refractivity contribution in [2.75, 3.05) is 26.2 Å². The molecule has 2 aromatic rings. The molecule has 4 nitrogen and oxygen atoms in total. The van der Waals surface area contributed by atoms with E-state index >= 15 is 0 Å². The van der Waals surface area contributed by atoms with Gasteiger partial charge in [0, 0.05) is 22.5 Å². The van der Waals surface area contributed by atoms with E-state index in [1.54, 1.807) is 0 Å². The zero-order valence-corrected chi connectivity index (χ0v) is 18.4. The maximum atomic E-state index is 10.8. The van der Waals surface area contributed by atoms with Crippen molar-refractivity contribution in [2.24, 2.45) is 0 Å². The van der Waals surface area contributed by atoms with Gasteiger partial charge in [-0.3, -0.25) is 4.79 Å². The number of hydrogen-bond acceptors (Lipinski definition) is 3. The molecule has 160 valence electrons. The molecule has 2 fully saturated rings. The first-order valence-electron chi connectivity index (χ1n) is 10.5. The highest BCUT2D eigenvalue weighted by Crippen LogP contribution is 2.57. The summed E-state index contributed by atoms with van der Waals surface area (Å²) in [6, 6.07) is 15.0. The minimum atomic E-state index is -0.720. The number of carboxylic acids is 1.